The molecule has 1 spiro atoms. The van der Waals surface area contributed by atoms with Gasteiger partial charge in [-0.15, -0.1) is 0 Å². The molecule has 5 aromatic rings. The van der Waals surface area contributed by atoms with Crippen LogP contribution in [0.1, 0.15) is 43.2 Å². The number of rotatable bonds is 1. The van der Waals surface area contributed by atoms with Crippen molar-refractivity contribution in [3.05, 3.63) is 95.0 Å². The van der Waals surface area contributed by atoms with Crippen LogP contribution in [0.5, 0.6) is 0 Å². The van der Waals surface area contributed by atoms with Crippen molar-refractivity contribution in [3.63, 3.8) is 0 Å². The molecule has 0 radical (unpaired) electrons. The fraction of sp³-hybridized carbons (Fsp3) is 0.294. The first-order valence-corrected chi connectivity index (χ1v) is 13.9. The van der Waals surface area contributed by atoms with Gasteiger partial charge < -0.3 is 4.42 Å². The van der Waals surface area contributed by atoms with Crippen molar-refractivity contribution < 1.29 is 4.42 Å². The summed E-state index contributed by atoms with van der Waals surface area (Å²) >= 11 is 6.23. The molecule has 0 amide bonds. The van der Waals surface area contributed by atoms with E-state index in [9.17, 15) is 0 Å². The van der Waals surface area contributed by atoms with Gasteiger partial charge >= 0.3 is 0 Å². The van der Waals surface area contributed by atoms with E-state index in [0.29, 0.717) is 5.02 Å². The minimum atomic E-state index is 0.204. The molecule has 36 heavy (non-hydrogen) atoms. The van der Waals surface area contributed by atoms with Gasteiger partial charge in [0, 0.05) is 27.3 Å². The van der Waals surface area contributed by atoms with Gasteiger partial charge in [-0.2, -0.15) is 0 Å². The van der Waals surface area contributed by atoms with Crippen LogP contribution in [-0.2, 0) is 5.41 Å². The first-order valence-electron chi connectivity index (χ1n) is 13.5. The molecule has 4 bridgehead atoms. The van der Waals surface area contributed by atoms with Gasteiger partial charge in [-0.25, -0.2) is 0 Å². The summed E-state index contributed by atoms with van der Waals surface area (Å²) in [6.45, 7) is 0. The van der Waals surface area contributed by atoms with Crippen molar-refractivity contribution in [2.75, 3.05) is 0 Å². The number of hydrogen-bond donors (Lipinski definition) is 0. The first kappa shape index (κ1) is 20.1. The second-order valence-corrected chi connectivity index (χ2v) is 12.4. The number of fused-ring (bicyclic) bond motifs is 6. The maximum absolute atomic E-state index is 6.24. The van der Waals surface area contributed by atoms with E-state index in [0.717, 1.165) is 45.6 Å². The fourth-order valence-corrected chi connectivity index (χ4v) is 9.42. The molecular formula is C34H27ClO. The Hall–Kier alpha value is -3.03. The average molecular weight is 487 g/mol. The molecule has 0 N–H and O–H groups in total. The van der Waals surface area contributed by atoms with Crippen LogP contribution in [0, 0.1) is 23.7 Å². The highest BCUT2D eigenvalue weighted by atomic mass is 35.5. The topological polar surface area (TPSA) is 13.1 Å². The molecule has 4 aromatic carbocycles. The molecule has 1 heterocycles. The van der Waals surface area contributed by atoms with E-state index in [1.807, 2.05) is 12.1 Å². The van der Waals surface area contributed by atoms with Crippen LogP contribution in [0.2, 0.25) is 5.02 Å². The maximum atomic E-state index is 6.24. The van der Waals surface area contributed by atoms with Crippen LogP contribution >= 0.6 is 11.6 Å². The molecule has 4 saturated carbocycles. The lowest BCUT2D eigenvalue weighted by atomic mass is 9.43. The van der Waals surface area contributed by atoms with Crippen molar-refractivity contribution in [1.82, 2.24) is 0 Å². The number of furan rings is 1. The Balaban J connectivity index is 1.25. The Bertz CT molecular complexity index is 1690. The third-order valence-corrected chi connectivity index (χ3v) is 10.6. The van der Waals surface area contributed by atoms with Crippen LogP contribution in [0.15, 0.2) is 83.3 Å². The smallest absolute Gasteiger partial charge is 0.136 e. The molecule has 1 nitrogen and oxygen atoms in total. The van der Waals surface area contributed by atoms with Crippen LogP contribution in [0.3, 0.4) is 0 Å². The van der Waals surface area contributed by atoms with Crippen molar-refractivity contribution in [1.29, 1.82) is 0 Å². The van der Waals surface area contributed by atoms with Crippen LogP contribution in [0.4, 0.5) is 0 Å². The van der Waals surface area contributed by atoms with Crippen molar-refractivity contribution in [2.45, 2.75) is 37.5 Å². The Morgan fingerprint density at radius 1 is 0.611 bits per heavy atom. The van der Waals surface area contributed by atoms with Crippen LogP contribution in [-0.4, -0.2) is 0 Å². The third-order valence-electron chi connectivity index (χ3n) is 10.3. The largest absolute Gasteiger partial charge is 0.456 e. The molecule has 0 aliphatic heterocycles. The Kier molecular flexibility index (Phi) is 3.81. The van der Waals surface area contributed by atoms with E-state index < -0.39 is 0 Å². The zero-order valence-corrected chi connectivity index (χ0v) is 20.9. The predicted molar refractivity (Wildman–Crippen MR) is 147 cm³/mol. The second kappa shape index (κ2) is 6.84. The van der Waals surface area contributed by atoms with E-state index in [1.165, 1.54) is 54.4 Å². The quantitative estimate of drug-likeness (QED) is 0.230. The average Bonchev–Trinajstić information content (AvgIpc) is 3.39. The Morgan fingerprint density at radius 2 is 1.25 bits per heavy atom. The third kappa shape index (κ3) is 2.43. The summed E-state index contributed by atoms with van der Waals surface area (Å²) in [7, 11) is 0. The van der Waals surface area contributed by atoms with E-state index in [1.54, 1.807) is 11.1 Å². The maximum Gasteiger partial charge on any atom is 0.136 e. The minimum Gasteiger partial charge on any atom is -0.456 e. The molecule has 1 aromatic heterocycles. The minimum absolute atomic E-state index is 0.204. The van der Waals surface area contributed by atoms with E-state index in [4.69, 9.17) is 16.0 Å². The summed E-state index contributed by atoms with van der Waals surface area (Å²) in [5, 5.41) is 2.98. The van der Waals surface area contributed by atoms with Crippen molar-refractivity contribution >= 4 is 33.5 Å². The molecule has 176 valence electrons. The van der Waals surface area contributed by atoms with Crippen LogP contribution in [0.25, 0.3) is 44.2 Å². The molecule has 10 rings (SSSR count). The van der Waals surface area contributed by atoms with Gasteiger partial charge in [0.2, 0.25) is 0 Å². The Morgan fingerprint density at radius 3 is 2.06 bits per heavy atom. The zero-order valence-electron chi connectivity index (χ0n) is 20.1. The molecule has 5 aliphatic carbocycles. The van der Waals surface area contributed by atoms with Gasteiger partial charge in [0.1, 0.15) is 11.2 Å². The number of hydrogen-bond acceptors (Lipinski definition) is 1. The highest BCUT2D eigenvalue weighted by Gasteiger charge is 2.61. The normalized spacial score (nSPS) is 29.4. The van der Waals surface area contributed by atoms with E-state index in [-0.39, 0.29) is 5.41 Å². The molecule has 4 fully saturated rings. The van der Waals surface area contributed by atoms with Gasteiger partial charge in [-0.05, 0) is 119 Å². The van der Waals surface area contributed by atoms with Gasteiger partial charge in [0.15, 0.2) is 0 Å². The summed E-state index contributed by atoms with van der Waals surface area (Å²) in [6, 6.07) is 29.2. The predicted octanol–water partition coefficient (Wildman–Crippen LogP) is 9.63. The fourth-order valence-electron chi connectivity index (χ4n) is 9.26. The summed E-state index contributed by atoms with van der Waals surface area (Å²) < 4.78 is 6.24. The molecule has 0 unspecified atom stereocenters. The lowest BCUT2D eigenvalue weighted by Crippen LogP contribution is -2.55. The molecule has 5 aliphatic rings. The van der Waals surface area contributed by atoms with Gasteiger partial charge in [0.25, 0.3) is 0 Å². The lowest BCUT2D eigenvalue weighted by Gasteiger charge is -2.61. The molecule has 0 atom stereocenters. The van der Waals surface area contributed by atoms with Gasteiger partial charge in [-0.3, -0.25) is 0 Å². The van der Waals surface area contributed by atoms with Crippen molar-refractivity contribution in [3.8, 4) is 22.3 Å². The summed E-state index contributed by atoms with van der Waals surface area (Å²) in [5.74, 6) is 3.49. The summed E-state index contributed by atoms with van der Waals surface area (Å²) in [6.07, 6.45) is 7.15. The Labute approximate surface area is 216 Å². The van der Waals surface area contributed by atoms with Gasteiger partial charge in [-0.1, -0.05) is 54.1 Å². The zero-order chi connectivity index (χ0) is 23.6. The van der Waals surface area contributed by atoms with E-state index >= 15 is 0 Å². The standard InChI is InChI=1S/C34H27ClO/c35-25-7-10-29-28-9-6-22(17-32(28)36-33(29)18-25)21-5-8-27-26-3-1-2-4-30(26)34(31(27)16-21)23-12-19-11-20(14-23)15-24(34)13-19/h1-10,16-20,23-24H,11-15H2. The van der Waals surface area contributed by atoms with Gasteiger partial charge in [0.05, 0.1) is 0 Å². The number of benzene rings is 4. The SMILES string of the molecule is Clc1ccc2c(c1)oc1cc(-c3ccc4c(c3)C3(c5ccccc5-4)C4CC5CC(C4)CC3C5)ccc12. The highest BCUT2D eigenvalue weighted by molar-refractivity contribution is 6.31. The van der Waals surface area contributed by atoms with E-state index in [2.05, 4.69) is 66.7 Å². The summed E-state index contributed by atoms with van der Waals surface area (Å²) in [4.78, 5) is 0. The summed E-state index contributed by atoms with van der Waals surface area (Å²) in [5.41, 5.74) is 10.7. The molecule has 0 saturated heterocycles. The lowest BCUT2D eigenvalue weighted by molar-refractivity contribution is -0.0399. The molecular weight excluding hydrogens is 460 g/mol. The van der Waals surface area contributed by atoms with Crippen molar-refractivity contribution in [2.24, 2.45) is 23.7 Å². The second-order valence-electron chi connectivity index (χ2n) is 11.9. The van der Waals surface area contributed by atoms with Crippen LogP contribution < -0.4 is 0 Å². The highest BCUT2D eigenvalue weighted by Crippen LogP contribution is 2.69. The molecule has 2 heteroatoms. The monoisotopic (exact) mass is 486 g/mol. The first-order chi connectivity index (χ1) is 17.7. The number of halogens is 1.